The minimum atomic E-state index is -3.04. The number of anilines is 1. The van der Waals surface area contributed by atoms with Crippen LogP contribution in [0, 0.1) is 13.8 Å². The number of aliphatic imine (C=N–C) groups is 1. The highest BCUT2D eigenvalue weighted by molar-refractivity contribution is 8.13. The van der Waals surface area contributed by atoms with Crippen molar-refractivity contribution in [1.82, 2.24) is 0 Å². The van der Waals surface area contributed by atoms with E-state index in [0.717, 1.165) is 21.4 Å². The number of fused-ring (bicyclic) bond motifs is 1. The Morgan fingerprint density at radius 2 is 1.93 bits per heavy atom. The Balaban J connectivity index is 1.65. The molecule has 0 spiro atoms. The van der Waals surface area contributed by atoms with Gasteiger partial charge in [0, 0.05) is 16.5 Å². The van der Waals surface area contributed by atoms with Crippen molar-refractivity contribution in [3.63, 3.8) is 0 Å². The first-order chi connectivity index (χ1) is 12.8. The largest absolute Gasteiger partial charge is 0.315 e. The summed E-state index contributed by atoms with van der Waals surface area (Å²) in [4.78, 5) is 6.90. The molecule has 0 radical (unpaired) electrons. The minimum Gasteiger partial charge on any atom is -0.315 e. The molecule has 4 nitrogen and oxygen atoms in total. The number of rotatable bonds is 3. The van der Waals surface area contributed by atoms with Crippen molar-refractivity contribution < 1.29 is 8.42 Å². The predicted molar refractivity (Wildman–Crippen MR) is 115 cm³/mol. The first kappa shape index (κ1) is 18.8. The topological polar surface area (TPSA) is 49.7 Å². The maximum absolute atomic E-state index is 12.2. The van der Waals surface area contributed by atoms with Gasteiger partial charge in [-0.05, 0) is 48.7 Å². The molecule has 2 aromatic carbocycles. The van der Waals surface area contributed by atoms with Gasteiger partial charge in [0.05, 0.1) is 23.6 Å². The van der Waals surface area contributed by atoms with E-state index in [0.29, 0.717) is 5.75 Å². The highest BCUT2D eigenvalue weighted by Gasteiger charge is 2.47. The molecule has 0 saturated carbocycles. The first-order valence-electron chi connectivity index (χ1n) is 8.85. The molecule has 2 aliphatic rings. The zero-order valence-corrected chi connectivity index (χ0v) is 17.6. The summed E-state index contributed by atoms with van der Waals surface area (Å²) in [5, 5.41) is 1.62. The number of thioether (sulfide) groups is 1. The van der Waals surface area contributed by atoms with Crippen molar-refractivity contribution in [3.05, 3.63) is 64.2 Å². The summed E-state index contributed by atoms with van der Waals surface area (Å²) in [7, 11) is -3.04. The fraction of sp³-hybridized carbons (Fsp3) is 0.350. The molecule has 0 unspecified atom stereocenters. The van der Waals surface area contributed by atoms with E-state index in [2.05, 4.69) is 36.9 Å². The van der Waals surface area contributed by atoms with Crippen LogP contribution in [0.2, 0.25) is 5.02 Å². The number of sulfone groups is 1. The fourth-order valence-electron chi connectivity index (χ4n) is 3.57. The SMILES string of the molecule is Cc1ccc(N2C(SCc3ccccc3Cl)=N[C@@H]3CS(=O)(=O)C[C@H]32)cc1C. The summed E-state index contributed by atoms with van der Waals surface area (Å²) < 4.78 is 24.3. The number of benzene rings is 2. The van der Waals surface area contributed by atoms with Crippen LogP contribution in [0.5, 0.6) is 0 Å². The molecule has 2 aliphatic heterocycles. The zero-order chi connectivity index (χ0) is 19.2. The lowest BCUT2D eigenvalue weighted by atomic mass is 10.1. The Labute approximate surface area is 169 Å². The van der Waals surface area contributed by atoms with Gasteiger partial charge in [-0.2, -0.15) is 0 Å². The second-order valence-electron chi connectivity index (χ2n) is 7.14. The van der Waals surface area contributed by atoms with Gasteiger partial charge in [-0.15, -0.1) is 0 Å². The minimum absolute atomic E-state index is 0.120. The molecule has 2 aromatic rings. The Morgan fingerprint density at radius 3 is 2.67 bits per heavy atom. The van der Waals surface area contributed by atoms with Crippen molar-refractivity contribution >= 4 is 44.1 Å². The van der Waals surface area contributed by atoms with Gasteiger partial charge in [-0.1, -0.05) is 47.6 Å². The van der Waals surface area contributed by atoms with Crippen LogP contribution in [0.3, 0.4) is 0 Å². The van der Waals surface area contributed by atoms with E-state index in [-0.39, 0.29) is 23.6 Å². The smallest absolute Gasteiger partial charge is 0.164 e. The Morgan fingerprint density at radius 1 is 1.15 bits per heavy atom. The van der Waals surface area contributed by atoms with Crippen LogP contribution in [0.15, 0.2) is 47.5 Å². The molecule has 2 atom stereocenters. The molecular weight excluding hydrogens is 400 g/mol. The maximum Gasteiger partial charge on any atom is 0.164 e. The van der Waals surface area contributed by atoms with Crippen molar-refractivity contribution in [2.75, 3.05) is 16.4 Å². The molecule has 0 N–H and O–H groups in total. The number of nitrogens with zero attached hydrogens (tertiary/aromatic N) is 2. The molecule has 0 bridgehead atoms. The van der Waals surface area contributed by atoms with Gasteiger partial charge >= 0.3 is 0 Å². The number of hydrogen-bond donors (Lipinski definition) is 0. The standard InChI is InChI=1S/C20H21ClN2O2S2/c1-13-7-8-16(9-14(13)2)23-19-12-27(24,25)11-18(19)22-20(23)26-10-15-5-3-4-6-17(15)21/h3-9,18-19H,10-12H2,1-2H3/t18-,19-/m1/s1. The van der Waals surface area contributed by atoms with Crippen LogP contribution in [0.25, 0.3) is 0 Å². The monoisotopic (exact) mass is 420 g/mol. The molecule has 2 heterocycles. The van der Waals surface area contributed by atoms with Crippen molar-refractivity contribution in [2.24, 2.45) is 4.99 Å². The van der Waals surface area contributed by atoms with Gasteiger partial charge in [-0.25, -0.2) is 8.42 Å². The van der Waals surface area contributed by atoms with Gasteiger partial charge < -0.3 is 4.90 Å². The molecule has 4 rings (SSSR count). The lowest BCUT2D eigenvalue weighted by Crippen LogP contribution is -2.39. The fourth-order valence-corrected chi connectivity index (χ4v) is 6.82. The van der Waals surface area contributed by atoms with E-state index in [1.165, 1.54) is 11.1 Å². The van der Waals surface area contributed by atoms with Gasteiger partial charge in [-0.3, -0.25) is 4.99 Å². The van der Waals surface area contributed by atoms with Crippen LogP contribution in [0.4, 0.5) is 5.69 Å². The average molecular weight is 421 g/mol. The Hall–Kier alpha value is -1.50. The van der Waals surface area contributed by atoms with E-state index in [1.807, 2.05) is 24.3 Å². The average Bonchev–Trinajstić information content (AvgIpc) is 3.08. The van der Waals surface area contributed by atoms with Gasteiger partial charge in [0.25, 0.3) is 0 Å². The van der Waals surface area contributed by atoms with Crippen LogP contribution in [-0.4, -0.2) is 37.2 Å². The van der Waals surface area contributed by atoms with Crippen LogP contribution in [0.1, 0.15) is 16.7 Å². The third-order valence-corrected chi connectivity index (χ3v) is 8.27. The molecule has 1 saturated heterocycles. The highest BCUT2D eigenvalue weighted by atomic mass is 35.5. The Kier molecular flexibility index (Phi) is 4.99. The van der Waals surface area contributed by atoms with E-state index < -0.39 is 9.84 Å². The first-order valence-corrected chi connectivity index (χ1v) is 12.0. The number of halogens is 1. The molecule has 0 aromatic heterocycles. The molecule has 0 aliphatic carbocycles. The van der Waals surface area contributed by atoms with Crippen LogP contribution < -0.4 is 4.90 Å². The van der Waals surface area contributed by atoms with Crippen molar-refractivity contribution in [3.8, 4) is 0 Å². The van der Waals surface area contributed by atoms with E-state index in [1.54, 1.807) is 11.8 Å². The Bertz CT molecular complexity index is 1020. The van der Waals surface area contributed by atoms with Crippen LogP contribution in [-0.2, 0) is 15.6 Å². The van der Waals surface area contributed by atoms with Gasteiger partial charge in [0.1, 0.15) is 0 Å². The third kappa shape index (κ3) is 3.75. The quantitative estimate of drug-likeness (QED) is 0.745. The normalized spacial score (nSPS) is 23.4. The van der Waals surface area contributed by atoms with Crippen LogP contribution >= 0.6 is 23.4 Å². The summed E-state index contributed by atoms with van der Waals surface area (Å²) in [6.07, 6.45) is 0. The second-order valence-corrected chi connectivity index (χ2v) is 10.6. The number of hydrogen-bond acceptors (Lipinski definition) is 5. The van der Waals surface area contributed by atoms with E-state index >= 15 is 0 Å². The van der Waals surface area contributed by atoms with E-state index in [4.69, 9.17) is 16.6 Å². The molecule has 1 fully saturated rings. The van der Waals surface area contributed by atoms with Crippen molar-refractivity contribution in [2.45, 2.75) is 31.7 Å². The lowest BCUT2D eigenvalue weighted by molar-refractivity contribution is 0.601. The molecule has 7 heteroatoms. The summed E-state index contributed by atoms with van der Waals surface area (Å²) in [5.41, 5.74) is 4.47. The van der Waals surface area contributed by atoms with Gasteiger partial charge in [0.15, 0.2) is 15.0 Å². The summed E-state index contributed by atoms with van der Waals surface area (Å²) >= 11 is 7.91. The second kappa shape index (κ2) is 7.15. The third-order valence-electron chi connectivity index (χ3n) is 5.19. The predicted octanol–water partition coefficient (Wildman–Crippen LogP) is 4.23. The molecule has 27 heavy (non-hydrogen) atoms. The number of aryl methyl sites for hydroxylation is 2. The molecule has 142 valence electrons. The summed E-state index contributed by atoms with van der Waals surface area (Å²) in [5.74, 6) is 0.992. The lowest BCUT2D eigenvalue weighted by Gasteiger charge is -2.27. The zero-order valence-electron chi connectivity index (χ0n) is 15.2. The van der Waals surface area contributed by atoms with Crippen molar-refractivity contribution in [1.29, 1.82) is 0 Å². The summed E-state index contributed by atoms with van der Waals surface area (Å²) in [6.45, 7) is 4.15. The molecule has 0 amide bonds. The maximum atomic E-state index is 12.2. The summed E-state index contributed by atoms with van der Waals surface area (Å²) in [6, 6.07) is 13.7. The van der Waals surface area contributed by atoms with E-state index in [9.17, 15) is 8.42 Å². The highest BCUT2D eigenvalue weighted by Crippen LogP contribution is 2.37. The number of amidine groups is 1. The molecular formula is C20H21ClN2O2S2. The van der Waals surface area contributed by atoms with Gasteiger partial charge in [0.2, 0.25) is 0 Å².